The molecule has 1 aromatic rings. The molecule has 100 valence electrons. The van der Waals surface area contributed by atoms with E-state index in [4.69, 9.17) is 4.74 Å². The van der Waals surface area contributed by atoms with Gasteiger partial charge in [-0.25, -0.2) is 4.98 Å². The van der Waals surface area contributed by atoms with Crippen LogP contribution in [0.1, 0.15) is 19.2 Å². The number of hydrogen-bond acceptors (Lipinski definition) is 5. The number of carbonyl (C=O) groups is 1. The number of piperidine rings is 1. The number of ether oxygens (including phenoxy) is 1. The number of hydrogen-bond donors (Lipinski definition) is 0. The lowest BCUT2D eigenvalue weighted by Crippen LogP contribution is -2.42. The van der Waals surface area contributed by atoms with Crippen LogP contribution in [0.5, 0.6) is 0 Å². The molecule has 18 heavy (non-hydrogen) atoms. The molecule has 6 nitrogen and oxygen atoms in total. The molecule has 1 saturated heterocycles. The minimum atomic E-state index is -0.0826. The largest absolute Gasteiger partial charge is 0.469 e. The fourth-order valence-electron chi connectivity index (χ4n) is 2.54. The Balaban J connectivity index is 1.92. The highest BCUT2D eigenvalue weighted by molar-refractivity contribution is 5.72. The van der Waals surface area contributed by atoms with Crippen molar-refractivity contribution in [3.8, 4) is 0 Å². The zero-order chi connectivity index (χ0) is 13.1. The van der Waals surface area contributed by atoms with Gasteiger partial charge in [-0.2, -0.15) is 5.10 Å². The molecule has 0 N–H and O–H groups in total. The molecule has 1 fully saturated rings. The van der Waals surface area contributed by atoms with E-state index in [9.17, 15) is 4.79 Å². The fourth-order valence-corrected chi connectivity index (χ4v) is 2.54. The van der Waals surface area contributed by atoms with Crippen molar-refractivity contribution in [2.24, 2.45) is 18.9 Å². The van der Waals surface area contributed by atoms with E-state index in [1.807, 2.05) is 7.05 Å². The third kappa shape index (κ3) is 2.69. The molecule has 2 atom stereocenters. The summed E-state index contributed by atoms with van der Waals surface area (Å²) in [7, 11) is 3.36. The van der Waals surface area contributed by atoms with E-state index in [2.05, 4.69) is 21.9 Å². The lowest BCUT2D eigenvalue weighted by Gasteiger charge is -2.35. The van der Waals surface area contributed by atoms with E-state index < -0.39 is 0 Å². The Hall–Kier alpha value is -1.43. The Morgan fingerprint density at radius 1 is 1.61 bits per heavy atom. The molecule has 1 aliphatic rings. The van der Waals surface area contributed by atoms with Crippen molar-refractivity contribution < 1.29 is 9.53 Å². The van der Waals surface area contributed by atoms with E-state index in [1.165, 1.54) is 7.11 Å². The maximum atomic E-state index is 11.6. The van der Waals surface area contributed by atoms with Crippen LogP contribution in [0.4, 0.5) is 0 Å². The van der Waals surface area contributed by atoms with Crippen LogP contribution in [0, 0.1) is 11.8 Å². The summed E-state index contributed by atoms with van der Waals surface area (Å²) < 4.78 is 6.63. The molecule has 2 rings (SSSR count). The van der Waals surface area contributed by atoms with Crippen LogP contribution in [0.15, 0.2) is 6.33 Å². The van der Waals surface area contributed by atoms with Crippen molar-refractivity contribution in [3.63, 3.8) is 0 Å². The number of methoxy groups -OCH3 is 1. The van der Waals surface area contributed by atoms with Crippen LogP contribution < -0.4 is 0 Å². The van der Waals surface area contributed by atoms with Gasteiger partial charge in [0.15, 0.2) is 0 Å². The van der Waals surface area contributed by atoms with Gasteiger partial charge in [-0.1, -0.05) is 6.92 Å². The minimum absolute atomic E-state index is 0.0331. The van der Waals surface area contributed by atoms with Crippen LogP contribution in [0.3, 0.4) is 0 Å². The Morgan fingerprint density at radius 2 is 2.39 bits per heavy atom. The number of aryl methyl sites for hydroxylation is 1. The Bertz CT molecular complexity index is 418. The van der Waals surface area contributed by atoms with Crippen molar-refractivity contribution in [1.82, 2.24) is 19.7 Å². The van der Waals surface area contributed by atoms with Crippen LogP contribution in [-0.4, -0.2) is 45.8 Å². The topological polar surface area (TPSA) is 60.2 Å². The summed E-state index contributed by atoms with van der Waals surface area (Å²) in [6, 6.07) is 0. The molecular formula is C12H20N4O2. The summed E-state index contributed by atoms with van der Waals surface area (Å²) in [5.41, 5.74) is 0. The van der Waals surface area contributed by atoms with Gasteiger partial charge in [0.1, 0.15) is 12.2 Å². The van der Waals surface area contributed by atoms with E-state index >= 15 is 0 Å². The summed E-state index contributed by atoms with van der Waals surface area (Å²) in [5.74, 6) is 1.23. The maximum Gasteiger partial charge on any atom is 0.309 e. The lowest BCUT2D eigenvalue weighted by atomic mass is 9.87. The van der Waals surface area contributed by atoms with Crippen LogP contribution in [0.25, 0.3) is 0 Å². The van der Waals surface area contributed by atoms with E-state index in [0.717, 1.165) is 31.9 Å². The van der Waals surface area contributed by atoms with Crippen LogP contribution in [-0.2, 0) is 23.1 Å². The predicted molar refractivity (Wildman–Crippen MR) is 65.6 cm³/mol. The van der Waals surface area contributed by atoms with Gasteiger partial charge in [-0.05, 0) is 18.9 Å². The Kier molecular flexibility index (Phi) is 3.96. The molecule has 0 bridgehead atoms. The fraction of sp³-hybridized carbons (Fsp3) is 0.750. The summed E-state index contributed by atoms with van der Waals surface area (Å²) in [6.45, 7) is 4.68. The second kappa shape index (κ2) is 5.48. The van der Waals surface area contributed by atoms with Crippen molar-refractivity contribution >= 4 is 5.97 Å². The molecule has 0 aromatic carbocycles. The van der Waals surface area contributed by atoms with Crippen molar-refractivity contribution in [2.45, 2.75) is 19.9 Å². The number of carbonyl (C=O) groups excluding carboxylic acids is 1. The average Bonchev–Trinajstić information content (AvgIpc) is 2.74. The molecule has 2 heterocycles. The molecule has 0 aliphatic carbocycles. The number of nitrogens with zero attached hydrogens (tertiary/aromatic N) is 4. The highest BCUT2D eigenvalue weighted by Gasteiger charge is 2.32. The van der Waals surface area contributed by atoms with Gasteiger partial charge >= 0.3 is 5.97 Å². The highest BCUT2D eigenvalue weighted by atomic mass is 16.5. The second-order valence-corrected chi connectivity index (χ2v) is 4.93. The molecule has 0 spiro atoms. The number of rotatable bonds is 3. The Morgan fingerprint density at radius 3 is 2.94 bits per heavy atom. The molecule has 0 radical (unpaired) electrons. The molecule has 1 aromatic heterocycles. The first-order valence-corrected chi connectivity index (χ1v) is 6.25. The van der Waals surface area contributed by atoms with Gasteiger partial charge in [0.2, 0.25) is 0 Å². The lowest BCUT2D eigenvalue weighted by molar-refractivity contribution is -0.149. The first-order chi connectivity index (χ1) is 8.61. The summed E-state index contributed by atoms with van der Waals surface area (Å²) in [6.07, 6.45) is 2.42. The second-order valence-electron chi connectivity index (χ2n) is 4.93. The third-order valence-corrected chi connectivity index (χ3v) is 3.66. The van der Waals surface area contributed by atoms with E-state index in [1.54, 1.807) is 11.0 Å². The van der Waals surface area contributed by atoms with E-state index in [0.29, 0.717) is 5.92 Å². The number of likely N-dealkylation sites (tertiary alicyclic amines) is 1. The van der Waals surface area contributed by atoms with Gasteiger partial charge in [0, 0.05) is 13.6 Å². The summed E-state index contributed by atoms with van der Waals surface area (Å²) in [4.78, 5) is 18.1. The van der Waals surface area contributed by atoms with Gasteiger partial charge in [0.05, 0.1) is 19.6 Å². The normalized spacial score (nSPS) is 25.1. The predicted octanol–water partition coefficient (Wildman–Crippen LogP) is 0.446. The molecule has 0 amide bonds. The monoisotopic (exact) mass is 252 g/mol. The van der Waals surface area contributed by atoms with Crippen LogP contribution >= 0.6 is 0 Å². The van der Waals surface area contributed by atoms with Crippen molar-refractivity contribution in [2.75, 3.05) is 20.2 Å². The highest BCUT2D eigenvalue weighted by Crippen LogP contribution is 2.25. The number of esters is 1. The number of aromatic nitrogens is 3. The van der Waals surface area contributed by atoms with Crippen molar-refractivity contribution in [3.05, 3.63) is 12.2 Å². The molecule has 0 saturated carbocycles. The molecular weight excluding hydrogens is 232 g/mol. The van der Waals surface area contributed by atoms with E-state index in [-0.39, 0.29) is 11.9 Å². The molecule has 1 aliphatic heterocycles. The minimum Gasteiger partial charge on any atom is -0.469 e. The van der Waals surface area contributed by atoms with Gasteiger partial charge < -0.3 is 4.74 Å². The maximum absolute atomic E-state index is 11.6. The Labute approximate surface area is 107 Å². The van der Waals surface area contributed by atoms with Gasteiger partial charge in [-0.15, -0.1) is 0 Å². The average molecular weight is 252 g/mol. The molecule has 0 unspecified atom stereocenters. The smallest absolute Gasteiger partial charge is 0.309 e. The zero-order valence-corrected chi connectivity index (χ0v) is 11.2. The van der Waals surface area contributed by atoms with Crippen molar-refractivity contribution in [1.29, 1.82) is 0 Å². The van der Waals surface area contributed by atoms with Gasteiger partial charge in [-0.3, -0.25) is 14.4 Å². The quantitative estimate of drug-likeness (QED) is 0.731. The zero-order valence-electron chi connectivity index (χ0n) is 11.2. The summed E-state index contributed by atoms with van der Waals surface area (Å²) in [5, 5.41) is 4.06. The van der Waals surface area contributed by atoms with Crippen LogP contribution in [0.2, 0.25) is 0 Å². The standard InChI is InChI=1S/C12H20N4O2/c1-9-6-16(5-4-10(9)12(17)18-3)7-11-13-8-14-15(11)2/h8-10H,4-7H2,1-3H3/t9-,10-/m0/s1. The van der Waals surface area contributed by atoms with Gasteiger partial charge in [0.25, 0.3) is 0 Å². The third-order valence-electron chi connectivity index (χ3n) is 3.66. The molecule has 6 heteroatoms. The first-order valence-electron chi connectivity index (χ1n) is 6.25. The SMILES string of the molecule is COC(=O)[C@H]1CCN(Cc2ncnn2C)C[C@@H]1C. The summed E-state index contributed by atoms with van der Waals surface area (Å²) >= 11 is 0. The first kappa shape index (κ1) is 13.0.